The van der Waals surface area contributed by atoms with Crippen LogP contribution in [0.1, 0.15) is 0 Å². The topological polar surface area (TPSA) is 96.1 Å². The molecule has 1 aromatic heterocycles. The lowest BCUT2D eigenvalue weighted by molar-refractivity contribution is 0.0324. The Morgan fingerprint density at radius 3 is 3.12 bits per heavy atom. The van der Waals surface area contributed by atoms with Crippen molar-refractivity contribution in [2.45, 2.75) is 11.1 Å². The van der Waals surface area contributed by atoms with Crippen molar-refractivity contribution in [1.82, 2.24) is 20.0 Å². The fourth-order valence-electron chi connectivity index (χ4n) is 1.42. The van der Waals surface area contributed by atoms with Crippen LogP contribution < -0.4 is 10.0 Å². The smallest absolute Gasteiger partial charge is 0.257 e. The summed E-state index contributed by atoms with van der Waals surface area (Å²) in [6.45, 7) is 2.33. The second-order valence-electron chi connectivity index (χ2n) is 3.46. The lowest BCUT2D eigenvalue weighted by atomic mass is 10.3. The van der Waals surface area contributed by atoms with E-state index in [1.54, 1.807) is 0 Å². The average Bonchev–Trinajstić information content (AvgIpc) is 2.82. The summed E-state index contributed by atoms with van der Waals surface area (Å²) in [6.07, 6.45) is 2.47. The van der Waals surface area contributed by atoms with E-state index in [1.807, 2.05) is 0 Å². The number of aromatic amines is 1. The van der Waals surface area contributed by atoms with Crippen molar-refractivity contribution in [3.63, 3.8) is 0 Å². The number of morpholine rings is 1. The summed E-state index contributed by atoms with van der Waals surface area (Å²) in [5, 5.41) is 3.19. The zero-order chi connectivity index (χ0) is 11.4. The van der Waals surface area contributed by atoms with Crippen LogP contribution >= 0.6 is 0 Å². The van der Waals surface area contributed by atoms with E-state index in [9.17, 15) is 8.42 Å². The minimum Gasteiger partial charge on any atom is -0.374 e. The van der Waals surface area contributed by atoms with Crippen molar-refractivity contribution in [1.29, 1.82) is 0 Å². The third-order valence-electron chi connectivity index (χ3n) is 2.27. The van der Waals surface area contributed by atoms with Gasteiger partial charge >= 0.3 is 0 Å². The zero-order valence-corrected chi connectivity index (χ0v) is 9.46. The van der Waals surface area contributed by atoms with Crippen LogP contribution in [0, 0.1) is 0 Å². The van der Waals surface area contributed by atoms with Gasteiger partial charge < -0.3 is 15.0 Å². The van der Waals surface area contributed by atoms with Crippen LogP contribution in [0.15, 0.2) is 17.6 Å². The molecule has 1 atom stereocenters. The number of nitrogens with zero attached hydrogens (tertiary/aromatic N) is 1. The van der Waals surface area contributed by atoms with Gasteiger partial charge in [-0.3, -0.25) is 0 Å². The van der Waals surface area contributed by atoms with Gasteiger partial charge in [-0.05, 0) is 0 Å². The maximum absolute atomic E-state index is 11.7. The molecule has 1 aromatic rings. The van der Waals surface area contributed by atoms with E-state index in [0.29, 0.717) is 13.2 Å². The molecule has 0 saturated carbocycles. The lowest BCUT2D eigenvalue weighted by Crippen LogP contribution is -2.45. The number of imidazole rings is 1. The SMILES string of the molecule is O=S(=O)(NCC1CNCCO1)c1cnc[nH]1. The third kappa shape index (κ3) is 2.79. The molecule has 0 spiro atoms. The molecular weight excluding hydrogens is 232 g/mol. The molecular formula is C8H14N4O3S. The van der Waals surface area contributed by atoms with E-state index < -0.39 is 10.0 Å². The standard InChI is InChI=1S/C8H14N4O3S/c13-16(14,8-5-10-6-11-8)12-4-7-3-9-1-2-15-7/h5-7,9,12H,1-4H2,(H,10,11). The number of nitrogens with one attached hydrogen (secondary N) is 3. The number of sulfonamides is 1. The molecule has 1 saturated heterocycles. The first kappa shape index (κ1) is 11.5. The van der Waals surface area contributed by atoms with Crippen LogP contribution in [-0.4, -0.2) is 50.7 Å². The maximum atomic E-state index is 11.7. The Bertz CT molecular complexity index is 411. The van der Waals surface area contributed by atoms with Gasteiger partial charge in [-0.15, -0.1) is 0 Å². The molecule has 2 rings (SSSR count). The number of aromatic nitrogens is 2. The molecule has 7 nitrogen and oxygen atoms in total. The van der Waals surface area contributed by atoms with Crippen LogP contribution in [0.5, 0.6) is 0 Å². The van der Waals surface area contributed by atoms with Gasteiger partial charge in [-0.2, -0.15) is 0 Å². The fourth-order valence-corrected chi connectivity index (χ4v) is 2.39. The Morgan fingerprint density at radius 2 is 2.50 bits per heavy atom. The Morgan fingerprint density at radius 1 is 1.62 bits per heavy atom. The van der Waals surface area contributed by atoms with Crippen molar-refractivity contribution >= 4 is 10.0 Å². The van der Waals surface area contributed by atoms with Gasteiger partial charge in [-0.1, -0.05) is 0 Å². The fraction of sp³-hybridized carbons (Fsp3) is 0.625. The summed E-state index contributed by atoms with van der Waals surface area (Å²) in [5.41, 5.74) is 0. The highest BCUT2D eigenvalue weighted by Crippen LogP contribution is 2.02. The molecule has 1 fully saturated rings. The number of hydrogen-bond acceptors (Lipinski definition) is 5. The third-order valence-corrected chi connectivity index (χ3v) is 3.62. The van der Waals surface area contributed by atoms with Crippen LogP contribution in [0.3, 0.4) is 0 Å². The van der Waals surface area contributed by atoms with Gasteiger partial charge in [-0.25, -0.2) is 18.1 Å². The van der Waals surface area contributed by atoms with E-state index in [-0.39, 0.29) is 17.7 Å². The van der Waals surface area contributed by atoms with Crippen molar-refractivity contribution < 1.29 is 13.2 Å². The largest absolute Gasteiger partial charge is 0.374 e. The summed E-state index contributed by atoms with van der Waals surface area (Å²) >= 11 is 0. The molecule has 0 radical (unpaired) electrons. The van der Waals surface area contributed by atoms with E-state index in [4.69, 9.17) is 4.74 Å². The molecule has 0 bridgehead atoms. The second kappa shape index (κ2) is 4.91. The molecule has 0 amide bonds. The van der Waals surface area contributed by atoms with Crippen molar-refractivity contribution in [3.05, 3.63) is 12.5 Å². The van der Waals surface area contributed by atoms with Crippen LogP contribution in [0.4, 0.5) is 0 Å². The first-order valence-corrected chi connectivity index (χ1v) is 6.47. The summed E-state index contributed by atoms with van der Waals surface area (Å²) in [7, 11) is -3.49. The van der Waals surface area contributed by atoms with Crippen molar-refractivity contribution in [2.75, 3.05) is 26.2 Å². The van der Waals surface area contributed by atoms with Crippen LogP contribution in [-0.2, 0) is 14.8 Å². The molecule has 1 aliphatic rings. The first-order chi connectivity index (χ1) is 7.68. The first-order valence-electron chi connectivity index (χ1n) is 4.99. The Labute approximate surface area is 93.7 Å². The summed E-state index contributed by atoms with van der Waals surface area (Å²) in [4.78, 5) is 6.21. The Hall–Kier alpha value is -0.960. The monoisotopic (exact) mass is 246 g/mol. The predicted octanol–water partition coefficient (Wildman–Crippen LogP) is -1.32. The van der Waals surface area contributed by atoms with Crippen LogP contribution in [0.25, 0.3) is 0 Å². The number of H-pyrrole nitrogens is 1. The number of rotatable bonds is 4. The van der Waals surface area contributed by atoms with E-state index >= 15 is 0 Å². The molecule has 0 aromatic carbocycles. The second-order valence-corrected chi connectivity index (χ2v) is 5.20. The molecule has 8 heteroatoms. The molecule has 0 aliphatic carbocycles. The zero-order valence-electron chi connectivity index (χ0n) is 8.64. The van der Waals surface area contributed by atoms with E-state index in [2.05, 4.69) is 20.0 Å². The van der Waals surface area contributed by atoms with Gasteiger partial charge in [0.15, 0.2) is 5.03 Å². The summed E-state index contributed by atoms with van der Waals surface area (Å²) in [6, 6.07) is 0. The van der Waals surface area contributed by atoms with Crippen molar-refractivity contribution in [3.8, 4) is 0 Å². The van der Waals surface area contributed by atoms with E-state index in [0.717, 1.165) is 6.54 Å². The van der Waals surface area contributed by atoms with Gasteiger partial charge in [0.1, 0.15) is 0 Å². The normalized spacial score (nSPS) is 22.1. The highest BCUT2D eigenvalue weighted by atomic mass is 32.2. The Balaban J connectivity index is 1.89. The highest BCUT2D eigenvalue weighted by Gasteiger charge is 2.19. The van der Waals surface area contributed by atoms with Crippen molar-refractivity contribution in [2.24, 2.45) is 0 Å². The number of ether oxygens (including phenoxy) is 1. The number of hydrogen-bond donors (Lipinski definition) is 3. The van der Waals surface area contributed by atoms with Gasteiger partial charge in [0.25, 0.3) is 10.0 Å². The molecule has 3 N–H and O–H groups in total. The van der Waals surface area contributed by atoms with Gasteiger partial charge in [0, 0.05) is 19.6 Å². The summed E-state index contributed by atoms with van der Waals surface area (Å²) in [5.74, 6) is 0. The average molecular weight is 246 g/mol. The summed E-state index contributed by atoms with van der Waals surface area (Å²) < 4.78 is 31.2. The molecule has 90 valence electrons. The van der Waals surface area contributed by atoms with Crippen LogP contribution in [0.2, 0.25) is 0 Å². The minimum absolute atomic E-state index is 0.0660. The minimum atomic E-state index is -3.49. The van der Waals surface area contributed by atoms with Gasteiger partial charge in [0.2, 0.25) is 0 Å². The molecule has 2 heterocycles. The highest BCUT2D eigenvalue weighted by molar-refractivity contribution is 7.89. The quantitative estimate of drug-likeness (QED) is 0.612. The predicted molar refractivity (Wildman–Crippen MR) is 56.4 cm³/mol. The maximum Gasteiger partial charge on any atom is 0.257 e. The van der Waals surface area contributed by atoms with E-state index in [1.165, 1.54) is 12.5 Å². The lowest BCUT2D eigenvalue weighted by Gasteiger charge is -2.23. The Kier molecular flexibility index (Phi) is 3.54. The molecule has 1 aliphatic heterocycles. The van der Waals surface area contributed by atoms with Gasteiger partial charge in [0.05, 0.1) is 25.2 Å². The molecule has 16 heavy (non-hydrogen) atoms. The molecule has 1 unspecified atom stereocenters.